The van der Waals surface area contributed by atoms with Crippen LogP contribution in [0.2, 0.25) is 0 Å². The summed E-state index contributed by atoms with van der Waals surface area (Å²) < 4.78 is 4.67. The molecular weight excluding hydrogens is 248 g/mol. The zero-order valence-corrected chi connectivity index (χ0v) is 11.2. The van der Waals surface area contributed by atoms with Crippen LogP contribution in [-0.2, 0) is 9.53 Å². The molecule has 0 saturated carbocycles. The topological polar surface area (TPSA) is 50.7 Å². The van der Waals surface area contributed by atoms with Crippen molar-refractivity contribution in [3.63, 3.8) is 0 Å². The first-order chi connectivity index (χ1) is 8.70. The van der Waals surface area contributed by atoms with Crippen LogP contribution in [0.25, 0.3) is 0 Å². The predicted molar refractivity (Wildman–Crippen MR) is 73.7 cm³/mol. The number of nitrogens with one attached hydrogen (secondary N) is 1. The van der Waals surface area contributed by atoms with E-state index in [0.29, 0.717) is 5.25 Å². The lowest BCUT2D eigenvalue weighted by molar-refractivity contribution is -0.142. The van der Waals surface area contributed by atoms with Crippen LogP contribution in [0.15, 0.2) is 35.3 Å². The van der Waals surface area contributed by atoms with Crippen LogP contribution in [0.3, 0.4) is 0 Å². The molecule has 2 unspecified atom stereocenters. The fraction of sp³-hybridized carbons (Fsp3) is 0.385. The maximum atomic E-state index is 11.3. The van der Waals surface area contributed by atoms with Crippen molar-refractivity contribution in [2.45, 2.75) is 18.2 Å². The van der Waals surface area contributed by atoms with E-state index in [0.717, 1.165) is 11.7 Å². The van der Waals surface area contributed by atoms with Crippen molar-refractivity contribution >= 4 is 22.9 Å². The molecule has 18 heavy (non-hydrogen) atoms. The van der Waals surface area contributed by atoms with Gasteiger partial charge in [0.15, 0.2) is 5.17 Å². The summed E-state index contributed by atoms with van der Waals surface area (Å²) in [6, 6.07) is 9.88. The number of hydrogen-bond donors (Lipinski definition) is 1. The van der Waals surface area contributed by atoms with Gasteiger partial charge in [0.25, 0.3) is 0 Å². The van der Waals surface area contributed by atoms with Crippen LogP contribution >= 0.6 is 11.8 Å². The van der Waals surface area contributed by atoms with E-state index in [2.05, 4.69) is 27.2 Å². The van der Waals surface area contributed by atoms with Crippen molar-refractivity contribution in [1.29, 1.82) is 0 Å². The number of ether oxygens (including phenoxy) is 1. The summed E-state index contributed by atoms with van der Waals surface area (Å²) >= 11 is 1.65. The quantitative estimate of drug-likeness (QED) is 0.848. The lowest BCUT2D eigenvalue weighted by Crippen LogP contribution is -2.37. The number of amidine groups is 1. The number of benzene rings is 1. The summed E-state index contributed by atoms with van der Waals surface area (Å²) in [5.74, 6) is -0.276. The number of rotatable bonds is 3. The van der Waals surface area contributed by atoms with E-state index in [4.69, 9.17) is 0 Å². The molecule has 1 aromatic rings. The number of nitrogens with zero attached hydrogens (tertiary/aromatic N) is 1. The molecule has 1 aliphatic heterocycles. The van der Waals surface area contributed by atoms with E-state index in [1.165, 1.54) is 12.7 Å². The van der Waals surface area contributed by atoms with Gasteiger partial charge in [-0.2, -0.15) is 0 Å². The van der Waals surface area contributed by atoms with Crippen molar-refractivity contribution < 1.29 is 9.53 Å². The van der Waals surface area contributed by atoms with Gasteiger partial charge in [-0.05, 0) is 12.5 Å². The van der Waals surface area contributed by atoms with Crippen LogP contribution < -0.4 is 5.32 Å². The van der Waals surface area contributed by atoms with Crippen molar-refractivity contribution in [2.24, 2.45) is 4.99 Å². The molecule has 0 spiro atoms. The summed E-state index contributed by atoms with van der Waals surface area (Å²) in [4.78, 5) is 15.7. The van der Waals surface area contributed by atoms with Crippen molar-refractivity contribution in [1.82, 2.24) is 5.32 Å². The highest BCUT2D eigenvalue weighted by molar-refractivity contribution is 8.14. The van der Waals surface area contributed by atoms with Gasteiger partial charge < -0.3 is 10.1 Å². The molecule has 0 saturated heterocycles. The van der Waals surface area contributed by atoms with Gasteiger partial charge in [-0.3, -0.25) is 4.99 Å². The normalized spacial score (nSPS) is 20.1. The minimum absolute atomic E-state index is 0.276. The minimum atomic E-state index is -0.365. The molecule has 0 radical (unpaired) electrons. The predicted octanol–water partition coefficient (Wildman–Crippen LogP) is 1.98. The molecule has 0 aromatic heterocycles. The average molecular weight is 264 g/mol. The Morgan fingerprint density at radius 3 is 2.89 bits per heavy atom. The summed E-state index contributed by atoms with van der Waals surface area (Å²) in [5.41, 5.74) is 1.26. The monoisotopic (exact) mass is 264 g/mol. The van der Waals surface area contributed by atoms with Crippen LogP contribution in [0.4, 0.5) is 0 Å². The van der Waals surface area contributed by atoms with Crippen molar-refractivity contribution in [3.8, 4) is 0 Å². The Morgan fingerprint density at radius 2 is 2.22 bits per heavy atom. The highest BCUT2D eigenvalue weighted by atomic mass is 32.2. The van der Waals surface area contributed by atoms with Crippen LogP contribution in [-0.4, -0.2) is 30.8 Å². The van der Waals surface area contributed by atoms with Crippen molar-refractivity contribution in [2.75, 3.05) is 13.7 Å². The second-order valence-electron chi connectivity index (χ2n) is 4.05. The Hall–Kier alpha value is -1.49. The Morgan fingerprint density at radius 1 is 1.50 bits per heavy atom. The van der Waals surface area contributed by atoms with Gasteiger partial charge in [-0.15, -0.1) is 0 Å². The molecule has 96 valence electrons. The number of esters is 1. The lowest BCUT2D eigenvalue weighted by Gasteiger charge is -2.13. The molecular formula is C13H16N2O2S. The zero-order valence-electron chi connectivity index (χ0n) is 10.4. The number of thioether (sulfide) groups is 1. The SMILES string of the molecule is COC(=O)C(C)NC1=NCC(c2ccccc2)S1. The molecule has 0 fully saturated rings. The Kier molecular flexibility index (Phi) is 4.25. The first-order valence-electron chi connectivity index (χ1n) is 5.81. The van der Waals surface area contributed by atoms with Gasteiger partial charge in [0.2, 0.25) is 0 Å². The smallest absolute Gasteiger partial charge is 0.328 e. The lowest BCUT2D eigenvalue weighted by atomic mass is 10.1. The van der Waals surface area contributed by atoms with E-state index >= 15 is 0 Å². The van der Waals surface area contributed by atoms with E-state index in [1.807, 2.05) is 18.2 Å². The molecule has 1 aliphatic rings. The van der Waals surface area contributed by atoms with Gasteiger partial charge in [-0.25, -0.2) is 4.79 Å². The molecule has 1 aromatic carbocycles. The highest BCUT2D eigenvalue weighted by Gasteiger charge is 2.23. The first-order valence-corrected chi connectivity index (χ1v) is 6.69. The van der Waals surface area contributed by atoms with Gasteiger partial charge in [0.1, 0.15) is 6.04 Å². The largest absolute Gasteiger partial charge is 0.467 e. The second-order valence-corrected chi connectivity index (χ2v) is 5.24. The molecule has 0 aliphatic carbocycles. The summed E-state index contributed by atoms with van der Waals surface area (Å²) in [7, 11) is 1.39. The molecule has 0 amide bonds. The zero-order chi connectivity index (χ0) is 13.0. The minimum Gasteiger partial charge on any atom is -0.467 e. The Bertz CT molecular complexity index is 448. The number of carbonyl (C=O) groups is 1. The molecule has 0 bridgehead atoms. The van der Waals surface area contributed by atoms with E-state index in [-0.39, 0.29) is 12.0 Å². The van der Waals surface area contributed by atoms with E-state index in [9.17, 15) is 4.79 Å². The third-order valence-corrected chi connectivity index (χ3v) is 3.90. The first kappa shape index (κ1) is 13.0. The second kappa shape index (κ2) is 5.91. The molecule has 4 nitrogen and oxygen atoms in total. The number of methoxy groups -OCH3 is 1. The molecule has 5 heteroatoms. The molecule has 1 heterocycles. The van der Waals surface area contributed by atoms with E-state index in [1.54, 1.807) is 18.7 Å². The summed E-state index contributed by atoms with van der Waals surface area (Å²) in [5, 5.41) is 4.21. The van der Waals surface area contributed by atoms with Crippen molar-refractivity contribution in [3.05, 3.63) is 35.9 Å². The fourth-order valence-electron chi connectivity index (χ4n) is 1.72. The number of hydrogen-bond acceptors (Lipinski definition) is 5. The van der Waals surface area contributed by atoms with Gasteiger partial charge in [0.05, 0.1) is 18.9 Å². The van der Waals surface area contributed by atoms with Gasteiger partial charge in [0, 0.05) is 0 Å². The molecule has 1 N–H and O–H groups in total. The molecule has 2 rings (SSSR count). The molecule has 2 atom stereocenters. The van der Waals surface area contributed by atoms with E-state index < -0.39 is 0 Å². The number of carbonyl (C=O) groups excluding carboxylic acids is 1. The highest BCUT2D eigenvalue weighted by Crippen LogP contribution is 2.34. The Balaban J connectivity index is 1.90. The maximum absolute atomic E-state index is 11.3. The third-order valence-electron chi connectivity index (χ3n) is 2.72. The van der Waals surface area contributed by atoms with Gasteiger partial charge in [-0.1, -0.05) is 42.1 Å². The standard InChI is InChI=1S/C13H16N2O2S/c1-9(12(16)17-2)15-13-14-8-11(18-13)10-6-4-3-5-7-10/h3-7,9,11H,8H2,1-2H3,(H,14,15). The fourth-order valence-corrected chi connectivity index (χ4v) is 2.82. The average Bonchev–Trinajstić information content (AvgIpc) is 2.87. The Labute approximate surface area is 111 Å². The van der Waals surface area contributed by atoms with Crippen LogP contribution in [0.5, 0.6) is 0 Å². The summed E-state index contributed by atoms with van der Waals surface area (Å²) in [6.07, 6.45) is 0. The van der Waals surface area contributed by atoms with Crippen LogP contribution in [0, 0.1) is 0 Å². The summed E-state index contributed by atoms with van der Waals surface area (Å²) in [6.45, 7) is 2.51. The van der Waals surface area contributed by atoms with Gasteiger partial charge >= 0.3 is 5.97 Å². The van der Waals surface area contributed by atoms with Crippen LogP contribution in [0.1, 0.15) is 17.7 Å². The third kappa shape index (κ3) is 3.04. The maximum Gasteiger partial charge on any atom is 0.328 e. The number of aliphatic imine (C=N–C) groups is 1.